The molecular weight excluding hydrogens is 264 g/mol. The number of hydrogen-bond acceptors (Lipinski definition) is 3. The van der Waals surface area contributed by atoms with Gasteiger partial charge in [0.1, 0.15) is 0 Å². The molecule has 0 aromatic carbocycles. The van der Waals surface area contributed by atoms with Crippen molar-refractivity contribution in [3.05, 3.63) is 22.8 Å². The lowest BCUT2D eigenvalue weighted by Crippen LogP contribution is -2.14. The predicted molar refractivity (Wildman–Crippen MR) is 73.7 cm³/mol. The van der Waals surface area contributed by atoms with Crippen molar-refractivity contribution < 1.29 is 14.3 Å². The van der Waals surface area contributed by atoms with Gasteiger partial charge in [0.25, 0.3) is 0 Å². The number of fused-ring (bicyclic) bond motifs is 1. The Balaban J connectivity index is 2.25. The Bertz CT molecular complexity index is 464. The fourth-order valence-corrected chi connectivity index (χ4v) is 3.46. The van der Waals surface area contributed by atoms with Crippen molar-refractivity contribution in [3.8, 4) is 0 Å². The zero-order valence-corrected chi connectivity index (χ0v) is 12.1. The molecule has 0 radical (unpaired) electrons. The minimum Gasteiger partial charge on any atom is -0.466 e. The molecule has 0 N–H and O–H groups in total. The number of allylic oxidation sites excluding steroid dienone is 2. The van der Waals surface area contributed by atoms with Gasteiger partial charge in [0.2, 0.25) is 0 Å². The van der Waals surface area contributed by atoms with E-state index in [0.717, 1.165) is 18.4 Å². The molecule has 1 fully saturated rings. The first-order valence-corrected chi connectivity index (χ1v) is 7.02. The number of halogens is 1. The van der Waals surface area contributed by atoms with E-state index in [4.69, 9.17) is 16.3 Å². The Labute approximate surface area is 118 Å². The van der Waals surface area contributed by atoms with Crippen LogP contribution < -0.4 is 0 Å². The summed E-state index contributed by atoms with van der Waals surface area (Å²) in [5.74, 6) is 0.380. The number of ketones is 1. The van der Waals surface area contributed by atoms with Crippen LogP contribution in [0.3, 0.4) is 0 Å². The van der Waals surface area contributed by atoms with E-state index in [1.807, 2.05) is 0 Å². The number of methoxy groups -OCH3 is 1. The standard InChI is InChI=1S/C15H19ClO3/c1-8-4-5-10(9(2)15(18)19-3)6-12-11(8)7-13(17)14(12)16/h8,10-11H,2,4-7H2,1,3H3/t8-,10+,11-/m0/s1. The molecule has 0 saturated heterocycles. The maximum absolute atomic E-state index is 11.8. The van der Waals surface area contributed by atoms with Crippen LogP contribution in [0, 0.1) is 17.8 Å². The Morgan fingerprint density at radius 1 is 1.37 bits per heavy atom. The molecule has 0 aromatic rings. The lowest BCUT2D eigenvalue weighted by Gasteiger charge is -2.18. The predicted octanol–water partition coefficient (Wildman–Crippen LogP) is 3.23. The van der Waals surface area contributed by atoms with Gasteiger partial charge in [0.05, 0.1) is 12.1 Å². The number of carbonyl (C=O) groups excluding carboxylic acids is 2. The first-order chi connectivity index (χ1) is 8.95. The van der Waals surface area contributed by atoms with Crippen molar-refractivity contribution in [2.24, 2.45) is 17.8 Å². The van der Waals surface area contributed by atoms with Gasteiger partial charge in [-0.3, -0.25) is 4.79 Å². The molecule has 4 heteroatoms. The monoisotopic (exact) mass is 282 g/mol. The molecule has 2 rings (SSSR count). The Morgan fingerprint density at radius 2 is 2.05 bits per heavy atom. The van der Waals surface area contributed by atoms with E-state index in [-0.39, 0.29) is 23.6 Å². The third-order valence-corrected chi connectivity index (χ3v) is 4.90. The highest BCUT2D eigenvalue weighted by atomic mass is 35.5. The van der Waals surface area contributed by atoms with Crippen LogP contribution in [0.1, 0.15) is 32.6 Å². The van der Waals surface area contributed by atoms with Crippen LogP contribution in [0.2, 0.25) is 0 Å². The second kappa shape index (κ2) is 5.49. The molecule has 19 heavy (non-hydrogen) atoms. The van der Waals surface area contributed by atoms with Crippen LogP contribution in [-0.4, -0.2) is 18.9 Å². The largest absolute Gasteiger partial charge is 0.466 e. The SMILES string of the molecule is C=C(C(=O)OC)[C@@H]1CC[C@H](C)[C@@H]2CC(=O)C(Cl)=C2C1. The third-order valence-electron chi connectivity index (χ3n) is 4.44. The summed E-state index contributed by atoms with van der Waals surface area (Å²) in [5, 5.41) is 0.390. The molecule has 2 aliphatic rings. The second-order valence-electron chi connectivity index (χ2n) is 5.55. The van der Waals surface area contributed by atoms with Crippen molar-refractivity contribution in [2.45, 2.75) is 32.6 Å². The molecule has 2 aliphatic carbocycles. The van der Waals surface area contributed by atoms with E-state index in [0.29, 0.717) is 29.4 Å². The van der Waals surface area contributed by atoms with Crippen LogP contribution in [0.15, 0.2) is 22.8 Å². The van der Waals surface area contributed by atoms with Gasteiger partial charge < -0.3 is 4.74 Å². The maximum atomic E-state index is 11.8. The van der Waals surface area contributed by atoms with Crippen LogP contribution in [0.5, 0.6) is 0 Å². The first-order valence-electron chi connectivity index (χ1n) is 6.64. The van der Waals surface area contributed by atoms with E-state index >= 15 is 0 Å². The van der Waals surface area contributed by atoms with E-state index in [2.05, 4.69) is 13.5 Å². The number of carbonyl (C=O) groups is 2. The van der Waals surface area contributed by atoms with Gasteiger partial charge in [0, 0.05) is 12.0 Å². The summed E-state index contributed by atoms with van der Waals surface area (Å²) in [6, 6.07) is 0. The molecule has 0 unspecified atom stereocenters. The summed E-state index contributed by atoms with van der Waals surface area (Å²) in [5.41, 5.74) is 1.51. The minimum absolute atomic E-state index is 0.0366. The highest BCUT2D eigenvalue weighted by Crippen LogP contribution is 2.46. The van der Waals surface area contributed by atoms with Crippen LogP contribution in [-0.2, 0) is 14.3 Å². The van der Waals surface area contributed by atoms with Crippen molar-refractivity contribution in [1.29, 1.82) is 0 Å². The van der Waals surface area contributed by atoms with Gasteiger partial charge in [-0.2, -0.15) is 0 Å². The molecule has 0 heterocycles. The number of esters is 1. The number of hydrogen-bond donors (Lipinski definition) is 0. The van der Waals surface area contributed by atoms with E-state index in [9.17, 15) is 9.59 Å². The first kappa shape index (κ1) is 14.3. The molecule has 0 amide bonds. The summed E-state index contributed by atoms with van der Waals surface area (Å²) in [6.07, 6.45) is 3.06. The molecule has 0 bridgehead atoms. The van der Waals surface area contributed by atoms with Crippen LogP contribution in [0.25, 0.3) is 0 Å². The molecule has 3 nitrogen and oxygen atoms in total. The van der Waals surface area contributed by atoms with Crippen molar-refractivity contribution >= 4 is 23.4 Å². The Kier molecular flexibility index (Phi) is 4.14. The zero-order valence-electron chi connectivity index (χ0n) is 11.4. The van der Waals surface area contributed by atoms with Crippen LogP contribution >= 0.6 is 11.6 Å². The second-order valence-corrected chi connectivity index (χ2v) is 5.92. The number of Topliss-reactive ketones (excluding diaryl/α,β-unsaturated/α-hetero) is 1. The van der Waals surface area contributed by atoms with Crippen LogP contribution in [0.4, 0.5) is 0 Å². The summed E-state index contributed by atoms with van der Waals surface area (Å²) >= 11 is 6.14. The van der Waals surface area contributed by atoms with Crippen molar-refractivity contribution in [3.63, 3.8) is 0 Å². The molecular formula is C15H19ClO3. The highest BCUT2D eigenvalue weighted by Gasteiger charge is 2.39. The van der Waals surface area contributed by atoms with E-state index < -0.39 is 0 Å². The fraction of sp³-hybridized carbons (Fsp3) is 0.600. The molecule has 3 atom stereocenters. The summed E-state index contributed by atoms with van der Waals surface area (Å²) in [7, 11) is 1.36. The number of ether oxygens (including phenoxy) is 1. The van der Waals surface area contributed by atoms with Gasteiger partial charge in [-0.05, 0) is 42.6 Å². The summed E-state index contributed by atoms with van der Waals surface area (Å²) in [4.78, 5) is 23.4. The topological polar surface area (TPSA) is 43.4 Å². The quantitative estimate of drug-likeness (QED) is 0.577. The maximum Gasteiger partial charge on any atom is 0.333 e. The average Bonchev–Trinajstić information content (AvgIpc) is 2.59. The average molecular weight is 283 g/mol. The third kappa shape index (κ3) is 2.62. The summed E-state index contributed by atoms with van der Waals surface area (Å²) < 4.78 is 4.74. The Hall–Kier alpha value is -1.09. The van der Waals surface area contributed by atoms with Crippen molar-refractivity contribution in [2.75, 3.05) is 7.11 Å². The van der Waals surface area contributed by atoms with Gasteiger partial charge in [0.15, 0.2) is 5.78 Å². The smallest absolute Gasteiger partial charge is 0.333 e. The van der Waals surface area contributed by atoms with Gasteiger partial charge in [-0.25, -0.2) is 4.79 Å². The lowest BCUT2D eigenvalue weighted by molar-refractivity contribution is -0.136. The highest BCUT2D eigenvalue weighted by molar-refractivity contribution is 6.43. The van der Waals surface area contributed by atoms with Gasteiger partial charge in [-0.15, -0.1) is 0 Å². The molecule has 0 aliphatic heterocycles. The van der Waals surface area contributed by atoms with Gasteiger partial charge >= 0.3 is 5.97 Å². The zero-order chi connectivity index (χ0) is 14.2. The molecule has 1 saturated carbocycles. The molecule has 104 valence electrons. The molecule has 0 spiro atoms. The Morgan fingerprint density at radius 3 is 2.68 bits per heavy atom. The lowest BCUT2D eigenvalue weighted by atomic mass is 9.87. The normalized spacial score (nSPS) is 30.9. The van der Waals surface area contributed by atoms with Gasteiger partial charge in [-0.1, -0.05) is 25.1 Å². The van der Waals surface area contributed by atoms with E-state index in [1.165, 1.54) is 7.11 Å². The van der Waals surface area contributed by atoms with Crippen molar-refractivity contribution in [1.82, 2.24) is 0 Å². The number of rotatable bonds is 2. The van der Waals surface area contributed by atoms with E-state index in [1.54, 1.807) is 0 Å². The molecule has 0 aromatic heterocycles. The minimum atomic E-state index is -0.364. The summed E-state index contributed by atoms with van der Waals surface area (Å²) in [6.45, 7) is 6.00. The fourth-order valence-electron chi connectivity index (χ4n) is 3.17.